The molecule has 3 unspecified atom stereocenters. The van der Waals surface area contributed by atoms with Crippen LogP contribution in [-0.4, -0.2) is 10.5 Å². The lowest BCUT2D eigenvalue weighted by Gasteiger charge is -2.20. The molecule has 3 aromatic rings. The van der Waals surface area contributed by atoms with Gasteiger partial charge in [-0.25, -0.2) is 0 Å². The molecule has 37 heavy (non-hydrogen) atoms. The first-order valence-corrected chi connectivity index (χ1v) is 13.9. The van der Waals surface area contributed by atoms with Crippen molar-refractivity contribution in [2.45, 2.75) is 58.0 Å². The van der Waals surface area contributed by atoms with Crippen molar-refractivity contribution in [3.63, 3.8) is 0 Å². The zero-order valence-electron chi connectivity index (χ0n) is 21.5. The lowest BCUT2D eigenvalue weighted by Crippen LogP contribution is -2.20. The summed E-state index contributed by atoms with van der Waals surface area (Å²) in [5.74, 6) is 2.41. The first-order valence-electron chi connectivity index (χ1n) is 13.9. The number of carbonyl (C=O) groups is 1. The molecule has 0 radical (unpaired) electrons. The molecule has 2 aromatic carbocycles. The molecule has 6 rings (SSSR count). The van der Waals surface area contributed by atoms with E-state index >= 15 is 0 Å². The van der Waals surface area contributed by atoms with Crippen LogP contribution in [0.3, 0.4) is 0 Å². The number of aryl methyl sites for hydroxylation is 2. The summed E-state index contributed by atoms with van der Waals surface area (Å²) in [4.78, 5) is 12.9. The van der Waals surface area contributed by atoms with Crippen molar-refractivity contribution >= 4 is 22.5 Å². The quantitative estimate of drug-likeness (QED) is 0.334. The predicted octanol–water partition coefficient (Wildman–Crippen LogP) is 7.14. The number of nitrogens with zero attached hydrogens (tertiary/aromatic N) is 1. The molecule has 3 aliphatic rings. The highest BCUT2D eigenvalue weighted by atomic mass is 16.1. The third-order valence-corrected chi connectivity index (χ3v) is 8.56. The maximum absolute atomic E-state index is 12.9. The number of benzene rings is 2. The summed E-state index contributed by atoms with van der Waals surface area (Å²) in [7, 11) is 0. The molecule has 2 saturated carbocycles. The lowest BCUT2D eigenvalue weighted by molar-refractivity contribution is -0.117. The zero-order valence-corrected chi connectivity index (χ0v) is 21.5. The zero-order chi connectivity index (χ0) is 25.0. The van der Waals surface area contributed by atoms with Gasteiger partial charge in [-0.05, 0) is 79.3 Å². The van der Waals surface area contributed by atoms with Crippen molar-refractivity contribution in [3.05, 3.63) is 102 Å². The number of nitrogens with one attached hydrogen (secondary N) is 2. The van der Waals surface area contributed by atoms with E-state index in [-0.39, 0.29) is 5.91 Å². The highest BCUT2D eigenvalue weighted by molar-refractivity contribution is 5.94. The molecule has 1 amide bonds. The van der Waals surface area contributed by atoms with E-state index in [1.807, 2.05) is 0 Å². The van der Waals surface area contributed by atoms with E-state index in [9.17, 15) is 4.79 Å². The second-order valence-corrected chi connectivity index (χ2v) is 11.0. The van der Waals surface area contributed by atoms with Crippen LogP contribution in [-0.2, 0) is 24.3 Å². The molecule has 0 spiro atoms. The number of carbonyl (C=O) groups excluding carboxylic acids is 1. The summed E-state index contributed by atoms with van der Waals surface area (Å²) in [5.41, 5.74) is 5.94. The van der Waals surface area contributed by atoms with E-state index in [1.54, 1.807) is 0 Å². The standard InChI is InChI=1S/C33H37N3O/c37-33(22-27-19-25-12-13-26(27)18-25)35-30-14-15-32-28(20-30)21-31(23-34-29-10-6-1-2-7-11-29)36(32)17-16-24-8-4-3-5-9-24/h1-10,14-15,20-21,25-27,34H,11-13,16-19,22-23H2,(H,35,37). The van der Waals surface area contributed by atoms with Gasteiger partial charge in [-0.15, -0.1) is 0 Å². The van der Waals surface area contributed by atoms with Crippen LogP contribution in [0.15, 0.2) is 90.7 Å². The molecule has 3 atom stereocenters. The van der Waals surface area contributed by atoms with Gasteiger partial charge in [-0.3, -0.25) is 4.79 Å². The number of allylic oxidation sites excluding steroid dienone is 5. The maximum atomic E-state index is 12.9. The third kappa shape index (κ3) is 5.58. The van der Waals surface area contributed by atoms with E-state index < -0.39 is 0 Å². The molecule has 2 bridgehead atoms. The smallest absolute Gasteiger partial charge is 0.224 e. The molecule has 3 aliphatic carbocycles. The Kier molecular flexibility index (Phi) is 6.98. The van der Waals surface area contributed by atoms with Crippen molar-refractivity contribution in [2.75, 3.05) is 5.32 Å². The SMILES string of the molecule is O=C(CC1CC2CCC1C2)Nc1ccc2c(c1)cc(CNC1=CC=CC=CC1)n2CCc1ccccc1. The summed E-state index contributed by atoms with van der Waals surface area (Å²) >= 11 is 0. The second kappa shape index (κ2) is 10.8. The Morgan fingerprint density at radius 2 is 1.89 bits per heavy atom. The van der Waals surface area contributed by atoms with E-state index in [1.165, 1.54) is 53.5 Å². The van der Waals surface area contributed by atoms with Crippen molar-refractivity contribution in [3.8, 4) is 0 Å². The fraction of sp³-hybridized carbons (Fsp3) is 0.364. The summed E-state index contributed by atoms with van der Waals surface area (Å²) in [6.07, 6.45) is 18.4. The normalized spacial score (nSPS) is 22.3. The topological polar surface area (TPSA) is 46.1 Å². The average Bonchev–Trinajstić information content (AvgIpc) is 3.55. The molecule has 4 nitrogen and oxygen atoms in total. The Bertz CT molecular complexity index is 1350. The number of hydrogen-bond acceptors (Lipinski definition) is 2. The second-order valence-electron chi connectivity index (χ2n) is 11.0. The van der Waals surface area contributed by atoms with Gasteiger partial charge in [-0.2, -0.15) is 0 Å². The van der Waals surface area contributed by atoms with Crippen LogP contribution < -0.4 is 10.6 Å². The number of amides is 1. The Morgan fingerprint density at radius 3 is 2.73 bits per heavy atom. The Morgan fingerprint density at radius 1 is 0.973 bits per heavy atom. The van der Waals surface area contributed by atoms with Gasteiger partial charge in [0.25, 0.3) is 0 Å². The van der Waals surface area contributed by atoms with E-state index in [4.69, 9.17) is 0 Å². The Hall–Kier alpha value is -3.53. The minimum Gasteiger partial charge on any atom is -0.383 e. The molecule has 190 valence electrons. The van der Waals surface area contributed by atoms with Crippen molar-refractivity contribution in [2.24, 2.45) is 17.8 Å². The van der Waals surface area contributed by atoms with Gasteiger partial charge < -0.3 is 15.2 Å². The summed E-state index contributed by atoms with van der Waals surface area (Å²) in [6.45, 7) is 1.68. The maximum Gasteiger partial charge on any atom is 0.224 e. The molecule has 2 N–H and O–H groups in total. The molecule has 4 heteroatoms. The van der Waals surface area contributed by atoms with Crippen LogP contribution >= 0.6 is 0 Å². The van der Waals surface area contributed by atoms with Gasteiger partial charge in [-0.1, -0.05) is 61.1 Å². The molecule has 1 aromatic heterocycles. The van der Waals surface area contributed by atoms with Crippen molar-refractivity contribution in [1.82, 2.24) is 9.88 Å². The Balaban J connectivity index is 1.19. The van der Waals surface area contributed by atoms with Crippen LogP contribution in [0, 0.1) is 17.8 Å². The number of fused-ring (bicyclic) bond motifs is 3. The summed E-state index contributed by atoms with van der Waals surface area (Å²) < 4.78 is 2.43. The third-order valence-electron chi connectivity index (χ3n) is 8.56. The van der Waals surface area contributed by atoms with Crippen LogP contribution in [0.2, 0.25) is 0 Å². The monoisotopic (exact) mass is 491 g/mol. The minimum atomic E-state index is 0.170. The van der Waals surface area contributed by atoms with Crippen molar-refractivity contribution in [1.29, 1.82) is 0 Å². The number of anilines is 1. The Labute approximate surface area is 220 Å². The van der Waals surface area contributed by atoms with Gasteiger partial charge in [0.2, 0.25) is 5.91 Å². The van der Waals surface area contributed by atoms with Crippen molar-refractivity contribution < 1.29 is 4.79 Å². The molecule has 2 fully saturated rings. The number of rotatable bonds is 9. The van der Waals surface area contributed by atoms with Gasteiger partial charge in [0, 0.05) is 47.4 Å². The number of aromatic nitrogens is 1. The lowest BCUT2D eigenvalue weighted by atomic mass is 9.86. The molecule has 1 heterocycles. The average molecular weight is 492 g/mol. The summed E-state index contributed by atoms with van der Waals surface area (Å²) in [5, 5.41) is 8.03. The van der Waals surface area contributed by atoms with E-state index in [2.05, 4.69) is 100 Å². The largest absolute Gasteiger partial charge is 0.383 e. The highest BCUT2D eigenvalue weighted by Crippen LogP contribution is 2.49. The predicted molar refractivity (Wildman–Crippen MR) is 152 cm³/mol. The fourth-order valence-electron chi connectivity index (χ4n) is 6.69. The molecule has 0 aliphatic heterocycles. The van der Waals surface area contributed by atoms with Gasteiger partial charge >= 0.3 is 0 Å². The molecule has 0 saturated heterocycles. The first kappa shape index (κ1) is 23.8. The van der Waals surface area contributed by atoms with E-state index in [0.29, 0.717) is 12.3 Å². The summed E-state index contributed by atoms with van der Waals surface area (Å²) in [6, 6.07) is 19.3. The van der Waals surface area contributed by atoms with Crippen LogP contribution in [0.5, 0.6) is 0 Å². The van der Waals surface area contributed by atoms with Crippen LogP contribution in [0.1, 0.15) is 49.8 Å². The van der Waals surface area contributed by atoms with Gasteiger partial charge in [0.05, 0.1) is 6.54 Å². The first-order chi connectivity index (χ1) is 18.2. The molecular weight excluding hydrogens is 454 g/mol. The van der Waals surface area contributed by atoms with E-state index in [0.717, 1.165) is 43.5 Å². The van der Waals surface area contributed by atoms with Crippen LogP contribution in [0.4, 0.5) is 5.69 Å². The van der Waals surface area contributed by atoms with Gasteiger partial charge in [0.1, 0.15) is 0 Å². The fourth-order valence-corrected chi connectivity index (χ4v) is 6.69. The molecular formula is C33H37N3O. The minimum absolute atomic E-state index is 0.170. The van der Waals surface area contributed by atoms with Crippen LogP contribution in [0.25, 0.3) is 10.9 Å². The highest BCUT2D eigenvalue weighted by Gasteiger charge is 2.40. The number of hydrogen-bond donors (Lipinski definition) is 2. The van der Waals surface area contributed by atoms with Gasteiger partial charge in [0.15, 0.2) is 0 Å².